The molecular formula is C27H28F3N7O3. The molecule has 2 aliphatic rings. The fourth-order valence-corrected chi connectivity index (χ4v) is 5.02. The quantitative estimate of drug-likeness (QED) is 0.374. The summed E-state index contributed by atoms with van der Waals surface area (Å²) in [4.78, 5) is 22.6. The Morgan fingerprint density at radius 1 is 1.15 bits per heavy atom. The molecule has 2 N–H and O–H groups in total. The van der Waals surface area contributed by atoms with Crippen LogP contribution >= 0.6 is 0 Å². The molecule has 4 aromatic rings. The fraction of sp³-hybridized carbons (Fsp3) is 0.407. The van der Waals surface area contributed by atoms with Crippen molar-refractivity contribution in [2.45, 2.75) is 38.5 Å². The molecule has 6 rings (SSSR count). The number of carbonyl (C=O) groups excluding carboxylic acids is 1. The molecule has 40 heavy (non-hydrogen) atoms. The number of aryl methyl sites for hydroxylation is 2. The normalized spacial score (nSPS) is 18.5. The second-order valence-electron chi connectivity index (χ2n) is 10.2. The van der Waals surface area contributed by atoms with E-state index in [4.69, 9.17) is 9.47 Å². The smallest absolute Gasteiger partial charge is 0.393 e. The van der Waals surface area contributed by atoms with E-state index in [2.05, 4.69) is 25.7 Å². The van der Waals surface area contributed by atoms with Gasteiger partial charge in [0.15, 0.2) is 0 Å². The Labute approximate surface area is 227 Å². The van der Waals surface area contributed by atoms with Crippen molar-refractivity contribution < 1.29 is 27.4 Å². The number of halogens is 3. The number of hydrogen-bond donors (Lipinski definition) is 2. The van der Waals surface area contributed by atoms with E-state index >= 15 is 0 Å². The molecule has 0 radical (unpaired) electrons. The van der Waals surface area contributed by atoms with Crippen LogP contribution in [0.5, 0.6) is 5.88 Å². The Kier molecular flexibility index (Phi) is 6.61. The Hall–Kier alpha value is -4.13. The molecule has 1 amide bonds. The van der Waals surface area contributed by atoms with Gasteiger partial charge in [0, 0.05) is 30.5 Å². The summed E-state index contributed by atoms with van der Waals surface area (Å²) in [5, 5.41) is 10.3. The first-order chi connectivity index (χ1) is 19.2. The number of anilines is 2. The lowest BCUT2D eigenvalue weighted by molar-refractivity contribution is -0.180. The molecule has 1 fully saturated rings. The molecule has 5 heterocycles. The third kappa shape index (κ3) is 5.08. The molecule has 2 aliphatic heterocycles. The number of rotatable bonds is 2. The number of pyridine rings is 1. The van der Waals surface area contributed by atoms with Crippen LogP contribution in [-0.2, 0) is 18.3 Å². The number of fused-ring (bicyclic) bond motifs is 7. The van der Waals surface area contributed by atoms with Gasteiger partial charge in [-0.15, -0.1) is 0 Å². The van der Waals surface area contributed by atoms with Crippen molar-refractivity contribution in [2.24, 2.45) is 13.0 Å². The van der Waals surface area contributed by atoms with Crippen LogP contribution in [0.2, 0.25) is 0 Å². The van der Waals surface area contributed by atoms with E-state index in [9.17, 15) is 18.0 Å². The van der Waals surface area contributed by atoms with Gasteiger partial charge in [-0.3, -0.25) is 15.1 Å². The average molecular weight is 556 g/mol. The predicted molar refractivity (Wildman–Crippen MR) is 141 cm³/mol. The third-order valence-electron chi connectivity index (χ3n) is 7.16. The first kappa shape index (κ1) is 26.1. The van der Waals surface area contributed by atoms with Crippen LogP contribution < -0.4 is 15.4 Å². The molecule has 0 saturated carbocycles. The number of alkyl halides is 3. The summed E-state index contributed by atoms with van der Waals surface area (Å²) >= 11 is 0. The molecule has 0 unspecified atom stereocenters. The summed E-state index contributed by atoms with van der Waals surface area (Å²) < 4.78 is 56.8. The third-order valence-corrected chi connectivity index (χ3v) is 7.16. The van der Waals surface area contributed by atoms with Crippen molar-refractivity contribution >= 4 is 28.6 Å². The van der Waals surface area contributed by atoms with Crippen LogP contribution in [0.25, 0.3) is 22.3 Å². The minimum Gasteiger partial charge on any atom is -0.477 e. The average Bonchev–Trinajstić information content (AvgIpc) is 3.40. The van der Waals surface area contributed by atoms with Gasteiger partial charge in [0.25, 0.3) is 5.91 Å². The number of imidazole rings is 1. The SMILES string of the molecule is Cc1cc2cc(n1)-c1cnn(C)c1OCCC[C@@H](C(F)(F)F)Cn1c(nc3cc(NC4COC4)ccc31)NC2=O. The van der Waals surface area contributed by atoms with Crippen molar-refractivity contribution in [2.75, 3.05) is 30.5 Å². The molecule has 1 aromatic carbocycles. The molecule has 10 nitrogen and oxygen atoms in total. The molecule has 1 saturated heterocycles. The van der Waals surface area contributed by atoms with Crippen molar-refractivity contribution in [3.63, 3.8) is 0 Å². The molecule has 13 heteroatoms. The van der Waals surface area contributed by atoms with Gasteiger partial charge in [-0.25, -0.2) is 9.67 Å². The molecule has 0 aliphatic carbocycles. The van der Waals surface area contributed by atoms with Crippen LogP contribution in [0.3, 0.4) is 0 Å². The lowest BCUT2D eigenvalue weighted by Gasteiger charge is -2.27. The second-order valence-corrected chi connectivity index (χ2v) is 10.2. The van der Waals surface area contributed by atoms with Gasteiger partial charge in [-0.1, -0.05) is 0 Å². The maximum absolute atomic E-state index is 14.3. The van der Waals surface area contributed by atoms with Gasteiger partial charge in [-0.05, 0) is 50.1 Å². The Morgan fingerprint density at radius 2 is 1.98 bits per heavy atom. The van der Waals surface area contributed by atoms with Gasteiger partial charge >= 0.3 is 6.18 Å². The summed E-state index contributed by atoms with van der Waals surface area (Å²) in [6.45, 7) is 2.58. The Morgan fingerprint density at radius 3 is 2.73 bits per heavy atom. The van der Waals surface area contributed by atoms with E-state index in [1.807, 2.05) is 0 Å². The van der Waals surface area contributed by atoms with Gasteiger partial charge in [0.05, 0.1) is 60.3 Å². The van der Waals surface area contributed by atoms with Crippen LogP contribution in [0.1, 0.15) is 28.9 Å². The zero-order valence-electron chi connectivity index (χ0n) is 22.0. The fourth-order valence-electron chi connectivity index (χ4n) is 5.02. The lowest BCUT2D eigenvalue weighted by atomic mass is 10.0. The summed E-state index contributed by atoms with van der Waals surface area (Å²) in [5.74, 6) is -1.78. The highest BCUT2D eigenvalue weighted by atomic mass is 19.4. The molecule has 1 atom stereocenters. The van der Waals surface area contributed by atoms with E-state index in [1.54, 1.807) is 50.5 Å². The van der Waals surface area contributed by atoms with Crippen molar-refractivity contribution in [1.82, 2.24) is 24.3 Å². The summed E-state index contributed by atoms with van der Waals surface area (Å²) in [6.07, 6.45) is -2.91. The topological polar surface area (TPSA) is 108 Å². The number of nitrogens with zero attached hydrogens (tertiary/aromatic N) is 5. The van der Waals surface area contributed by atoms with Crippen LogP contribution in [-0.4, -0.2) is 62.3 Å². The summed E-state index contributed by atoms with van der Waals surface area (Å²) in [7, 11) is 1.68. The maximum atomic E-state index is 14.3. The predicted octanol–water partition coefficient (Wildman–Crippen LogP) is 4.55. The standard InChI is InChI=1S/C27H28F3N7O3/c1-15-8-16-9-21(32-15)20-11-31-36(2)25(20)40-7-3-4-17(27(28,29)30)12-37-23-6-5-18(33-19-13-39-14-19)10-22(23)34-26(37)35-24(16)38/h5-6,8-11,17,19,33H,3-4,7,12-14H2,1-2H3,(H,34,35,38)/t17-/m1/s1. The Balaban J connectivity index is 1.44. The number of aromatic nitrogens is 5. The Bertz CT molecular complexity index is 1580. The minimum atomic E-state index is -4.47. The molecule has 3 aromatic heterocycles. The number of hydrogen-bond acceptors (Lipinski definition) is 7. The number of nitrogens with one attached hydrogen (secondary N) is 2. The molecule has 210 valence electrons. The van der Waals surface area contributed by atoms with E-state index in [0.717, 1.165) is 5.69 Å². The number of carbonyl (C=O) groups is 1. The second kappa shape index (κ2) is 10.1. The highest BCUT2D eigenvalue weighted by Gasteiger charge is 2.40. The van der Waals surface area contributed by atoms with Gasteiger partial charge in [0.2, 0.25) is 11.8 Å². The number of amides is 1. The molecular weight excluding hydrogens is 527 g/mol. The summed E-state index contributed by atoms with van der Waals surface area (Å²) in [5.41, 5.74) is 3.63. The monoisotopic (exact) mass is 555 g/mol. The van der Waals surface area contributed by atoms with Crippen LogP contribution in [0, 0.1) is 12.8 Å². The van der Waals surface area contributed by atoms with E-state index in [0.29, 0.717) is 47.1 Å². The minimum absolute atomic E-state index is 0.0441. The van der Waals surface area contributed by atoms with E-state index < -0.39 is 24.5 Å². The van der Waals surface area contributed by atoms with Crippen LogP contribution in [0.15, 0.2) is 36.5 Å². The number of benzene rings is 1. The van der Waals surface area contributed by atoms with E-state index in [1.165, 1.54) is 9.25 Å². The van der Waals surface area contributed by atoms with Crippen LogP contribution in [0.4, 0.5) is 24.8 Å². The lowest BCUT2D eigenvalue weighted by Crippen LogP contribution is -2.40. The van der Waals surface area contributed by atoms with Crippen molar-refractivity contribution in [1.29, 1.82) is 0 Å². The zero-order chi connectivity index (χ0) is 28.0. The highest BCUT2D eigenvalue weighted by molar-refractivity contribution is 6.05. The van der Waals surface area contributed by atoms with Gasteiger partial charge in [-0.2, -0.15) is 18.3 Å². The number of ether oxygens (including phenoxy) is 2. The largest absolute Gasteiger partial charge is 0.477 e. The molecule has 2 bridgehead atoms. The zero-order valence-corrected chi connectivity index (χ0v) is 22.0. The summed E-state index contributed by atoms with van der Waals surface area (Å²) in [6, 6.07) is 8.68. The van der Waals surface area contributed by atoms with Crippen molar-refractivity contribution in [3.05, 3.63) is 47.8 Å². The highest BCUT2D eigenvalue weighted by Crippen LogP contribution is 2.35. The first-order valence-corrected chi connectivity index (χ1v) is 13.0. The van der Waals surface area contributed by atoms with E-state index in [-0.39, 0.29) is 37.0 Å². The molecule has 0 spiro atoms. The maximum Gasteiger partial charge on any atom is 0.393 e. The first-order valence-electron chi connectivity index (χ1n) is 13.0. The van der Waals surface area contributed by atoms with Gasteiger partial charge < -0.3 is 19.4 Å². The van der Waals surface area contributed by atoms with Crippen molar-refractivity contribution in [3.8, 4) is 17.1 Å². The van der Waals surface area contributed by atoms with Gasteiger partial charge in [0.1, 0.15) is 0 Å².